The van der Waals surface area contributed by atoms with Gasteiger partial charge in [0.2, 0.25) is 0 Å². The summed E-state index contributed by atoms with van der Waals surface area (Å²) in [6.07, 6.45) is 2.70. The molecule has 5 nitrogen and oxygen atoms in total. The molecule has 0 aromatic carbocycles. The van der Waals surface area contributed by atoms with Gasteiger partial charge in [0.15, 0.2) is 5.75 Å². The van der Waals surface area contributed by atoms with Gasteiger partial charge in [-0.25, -0.2) is 0 Å². The largest absolute Gasteiger partial charge is 0.493 e. The molecule has 1 atom stereocenters. The average Bonchev–Trinajstić information content (AvgIpc) is 2.69. The zero-order valence-corrected chi connectivity index (χ0v) is 11.4. The molecular weight excluding hydrogens is 216 g/mol. The van der Waals surface area contributed by atoms with Crippen LogP contribution in [-0.2, 0) is 0 Å². The second-order valence-electron chi connectivity index (χ2n) is 4.99. The fraction of sp³-hybridized carbons (Fsp3) is 0.750. The Kier molecular flexibility index (Phi) is 4.96. The van der Waals surface area contributed by atoms with Crippen LogP contribution in [0.1, 0.15) is 51.9 Å². The maximum Gasteiger partial charge on any atom is 0.161 e. The smallest absolute Gasteiger partial charge is 0.161 e. The van der Waals surface area contributed by atoms with Crippen molar-refractivity contribution < 1.29 is 4.74 Å². The van der Waals surface area contributed by atoms with Crippen molar-refractivity contribution in [3.8, 4) is 5.75 Å². The maximum atomic E-state index is 5.66. The second kappa shape index (κ2) is 6.02. The number of aromatic nitrogens is 2. The van der Waals surface area contributed by atoms with Gasteiger partial charge in [-0.05, 0) is 26.2 Å². The van der Waals surface area contributed by atoms with Crippen molar-refractivity contribution in [2.45, 2.75) is 46.2 Å². The molecule has 1 heterocycles. The molecule has 0 aliphatic rings. The SMILES string of the molecule is COc1cnn(C(C)C)c1C(CC(C)C)NN. The summed E-state index contributed by atoms with van der Waals surface area (Å²) < 4.78 is 7.33. The highest BCUT2D eigenvalue weighted by molar-refractivity contribution is 5.28. The van der Waals surface area contributed by atoms with Crippen LogP contribution in [0, 0.1) is 5.92 Å². The van der Waals surface area contributed by atoms with E-state index in [4.69, 9.17) is 10.6 Å². The molecule has 3 N–H and O–H groups in total. The first-order valence-corrected chi connectivity index (χ1v) is 6.08. The van der Waals surface area contributed by atoms with Crippen LogP contribution in [0.2, 0.25) is 0 Å². The molecule has 0 radical (unpaired) electrons. The van der Waals surface area contributed by atoms with Gasteiger partial charge in [-0.1, -0.05) is 13.8 Å². The Hall–Kier alpha value is -1.07. The molecule has 5 heteroatoms. The third kappa shape index (κ3) is 3.20. The molecule has 1 rings (SSSR count). The van der Waals surface area contributed by atoms with Crippen molar-refractivity contribution in [2.75, 3.05) is 7.11 Å². The molecule has 0 aliphatic heterocycles. The molecule has 1 unspecified atom stereocenters. The van der Waals surface area contributed by atoms with E-state index in [9.17, 15) is 0 Å². The quantitative estimate of drug-likeness (QED) is 0.590. The standard InChI is InChI=1S/C12H24N4O/c1-8(2)6-10(15-13)12-11(17-5)7-14-16(12)9(3)4/h7-10,15H,6,13H2,1-5H3. The molecule has 0 fully saturated rings. The predicted molar refractivity (Wildman–Crippen MR) is 68.7 cm³/mol. The number of hydrogen-bond acceptors (Lipinski definition) is 4. The highest BCUT2D eigenvalue weighted by atomic mass is 16.5. The third-order valence-electron chi connectivity index (χ3n) is 2.75. The molecule has 1 aromatic heterocycles. The van der Waals surface area contributed by atoms with Gasteiger partial charge in [0, 0.05) is 6.04 Å². The fourth-order valence-corrected chi connectivity index (χ4v) is 1.99. The van der Waals surface area contributed by atoms with Gasteiger partial charge in [-0.15, -0.1) is 0 Å². The van der Waals surface area contributed by atoms with Crippen molar-refractivity contribution in [1.29, 1.82) is 0 Å². The highest BCUT2D eigenvalue weighted by Crippen LogP contribution is 2.30. The number of nitrogens with two attached hydrogens (primary N) is 1. The second-order valence-corrected chi connectivity index (χ2v) is 4.99. The van der Waals surface area contributed by atoms with Gasteiger partial charge in [-0.2, -0.15) is 5.10 Å². The summed E-state index contributed by atoms with van der Waals surface area (Å²) in [7, 11) is 1.66. The van der Waals surface area contributed by atoms with E-state index in [-0.39, 0.29) is 12.1 Å². The first-order chi connectivity index (χ1) is 8.01. The van der Waals surface area contributed by atoms with E-state index in [1.54, 1.807) is 13.3 Å². The van der Waals surface area contributed by atoms with Crippen LogP contribution in [-0.4, -0.2) is 16.9 Å². The Balaban J connectivity index is 3.10. The van der Waals surface area contributed by atoms with Crippen molar-refractivity contribution >= 4 is 0 Å². The lowest BCUT2D eigenvalue weighted by Gasteiger charge is -2.22. The Morgan fingerprint density at radius 2 is 2.06 bits per heavy atom. The number of ether oxygens (including phenoxy) is 1. The summed E-state index contributed by atoms with van der Waals surface area (Å²) in [5.74, 6) is 7.00. The first kappa shape index (κ1) is 14.0. The zero-order valence-electron chi connectivity index (χ0n) is 11.4. The molecular formula is C12H24N4O. The van der Waals surface area contributed by atoms with E-state index < -0.39 is 0 Å². The van der Waals surface area contributed by atoms with Crippen LogP contribution >= 0.6 is 0 Å². The summed E-state index contributed by atoms with van der Waals surface area (Å²) in [5, 5.41) is 4.36. The monoisotopic (exact) mass is 240 g/mol. The van der Waals surface area contributed by atoms with Gasteiger partial charge < -0.3 is 4.74 Å². The van der Waals surface area contributed by atoms with Gasteiger partial charge >= 0.3 is 0 Å². The summed E-state index contributed by atoms with van der Waals surface area (Å²) in [6, 6.07) is 0.353. The van der Waals surface area contributed by atoms with E-state index >= 15 is 0 Å². The Morgan fingerprint density at radius 3 is 2.47 bits per heavy atom. The normalized spacial score (nSPS) is 13.4. The van der Waals surface area contributed by atoms with E-state index in [1.165, 1.54) is 0 Å². The number of hydrogen-bond donors (Lipinski definition) is 2. The Bertz CT molecular complexity index is 346. The minimum Gasteiger partial charge on any atom is -0.493 e. The van der Waals surface area contributed by atoms with E-state index in [0.29, 0.717) is 5.92 Å². The van der Waals surface area contributed by atoms with Gasteiger partial charge in [0.05, 0.1) is 25.0 Å². The van der Waals surface area contributed by atoms with Gasteiger partial charge in [0.25, 0.3) is 0 Å². The molecule has 0 amide bonds. The van der Waals surface area contributed by atoms with Crippen LogP contribution in [0.3, 0.4) is 0 Å². The molecule has 0 aliphatic carbocycles. The van der Waals surface area contributed by atoms with Crippen LogP contribution in [0.15, 0.2) is 6.20 Å². The summed E-state index contributed by atoms with van der Waals surface area (Å²) in [5.41, 5.74) is 3.89. The van der Waals surface area contributed by atoms with Gasteiger partial charge in [-0.3, -0.25) is 16.0 Å². The predicted octanol–water partition coefficient (Wildman–Crippen LogP) is 2.02. The lowest BCUT2D eigenvalue weighted by molar-refractivity contribution is 0.360. The zero-order chi connectivity index (χ0) is 13.0. The van der Waals surface area contributed by atoms with Crippen LogP contribution in [0.4, 0.5) is 0 Å². The Morgan fingerprint density at radius 1 is 1.41 bits per heavy atom. The topological polar surface area (TPSA) is 65.1 Å². The number of methoxy groups -OCH3 is 1. The van der Waals surface area contributed by atoms with E-state index in [2.05, 4.69) is 38.2 Å². The van der Waals surface area contributed by atoms with Crippen molar-refractivity contribution in [1.82, 2.24) is 15.2 Å². The molecule has 0 spiro atoms. The van der Waals surface area contributed by atoms with Crippen molar-refractivity contribution in [2.24, 2.45) is 11.8 Å². The van der Waals surface area contributed by atoms with Crippen LogP contribution in [0.5, 0.6) is 5.75 Å². The third-order valence-corrected chi connectivity index (χ3v) is 2.75. The number of nitrogens with zero attached hydrogens (tertiary/aromatic N) is 2. The van der Waals surface area contributed by atoms with E-state index in [0.717, 1.165) is 17.9 Å². The lowest BCUT2D eigenvalue weighted by Crippen LogP contribution is -2.31. The number of nitrogens with one attached hydrogen (secondary N) is 1. The molecule has 0 saturated heterocycles. The Labute approximate surface area is 103 Å². The molecule has 17 heavy (non-hydrogen) atoms. The minimum atomic E-state index is 0.0647. The van der Waals surface area contributed by atoms with E-state index in [1.807, 2.05) is 4.68 Å². The molecule has 0 bridgehead atoms. The fourth-order valence-electron chi connectivity index (χ4n) is 1.99. The summed E-state index contributed by atoms with van der Waals surface area (Å²) in [6.45, 7) is 8.54. The maximum absolute atomic E-state index is 5.66. The van der Waals surface area contributed by atoms with Crippen LogP contribution < -0.4 is 16.0 Å². The first-order valence-electron chi connectivity index (χ1n) is 6.08. The molecule has 98 valence electrons. The van der Waals surface area contributed by atoms with Crippen molar-refractivity contribution in [3.63, 3.8) is 0 Å². The van der Waals surface area contributed by atoms with Crippen LogP contribution in [0.25, 0.3) is 0 Å². The molecule has 0 saturated carbocycles. The minimum absolute atomic E-state index is 0.0647. The molecule has 1 aromatic rings. The van der Waals surface area contributed by atoms with Gasteiger partial charge in [0.1, 0.15) is 0 Å². The van der Waals surface area contributed by atoms with Crippen molar-refractivity contribution in [3.05, 3.63) is 11.9 Å². The number of hydrazine groups is 1. The highest BCUT2D eigenvalue weighted by Gasteiger charge is 2.23. The lowest BCUT2D eigenvalue weighted by atomic mass is 10.0. The average molecular weight is 240 g/mol. The summed E-state index contributed by atoms with van der Waals surface area (Å²) in [4.78, 5) is 0. The summed E-state index contributed by atoms with van der Waals surface area (Å²) >= 11 is 0. The number of rotatable bonds is 6.